The Balaban J connectivity index is 1.85. The molecule has 0 aliphatic heterocycles. The Morgan fingerprint density at radius 1 is 1.35 bits per heavy atom. The highest BCUT2D eigenvalue weighted by molar-refractivity contribution is 7.19. The zero-order valence-electron chi connectivity index (χ0n) is 11.5. The Kier molecular flexibility index (Phi) is 5.70. The van der Waals surface area contributed by atoms with Crippen LogP contribution in [0.4, 0.5) is 5.13 Å². The molecule has 0 aliphatic rings. The lowest BCUT2D eigenvalue weighted by Gasteiger charge is -2.01. The molecule has 0 atom stereocenters. The van der Waals surface area contributed by atoms with Crippen molar-refractivity contribution in [2.45, 2.75) is 19.8 Å². The normalized spacial score (nSPS) is 10.4. The number of benzene rings is 1. The summed E-state index contributed by atoms with van der Waals surface area (Å²) >= 11 is 1.48. The SMILES string of the molecule is CCOCCCC(=O)Nc1ncc(-c2ccccc2)s1. The molecule has 1 N–H and O–H groups in total. The van der Waals surface area contributed by atoms with Crippen LogP contribution in [0.2, 0.25) is 0 Å². The van der Waals surface area contributed by atoms with Gasteiger partial charge < -0.3 is 10.1 Å². The van der Waals surface area contributed by atoms with Crippen LogP contribution >= 0.6 is 11.3 Å². The lowest BCUT2D eigenvalue weighted by atomic mass is 10.2. The Hall–Kier alpha value is -1.72. The largest absolute Gasteiger partial charge is 0.382 e. The van der Waals surface area contributed by atoms with E-state index in [1.165, 1.54) is 11.3 Å². The first kappa shape index (κ1) is 14.7. The molecule has 1 heterocycles. The van der Waals surface area contributed by atoms with Crippen LogP contribution in [-0.2, 0) is 9.53 Å². The van der Waals surface area contributed by atoms with Gasteiger partial charge in [-0.2, -0.15) is 0 Å². The average Bonchev–Trinajstić information content (AvgIpc) is 2.93. The summed E-state index contributed by atoms with van der Waals surface area (Å²) in [5.74, 6) is -0.0151. The molecule has 0 bridgehead atoms. The van der Waals surface area contributed by atoms with Crippen LogP contribution in [0.3, 0.4) is 0 Å². The summed E-state index contributed by atoms with van der Waals surface area (Å²) in [6, 6.07) is 10.0. The van der Waals surface area contributed by atoms with Crippen LogP contribution in [0.5, 0.6) is 0 Å². The monoisotopic (exact) mass is 290 g/mol. The van der Waals surface area contributed by atoms with Gasteiger partial charge in [0.1, 0.15) is 0 Å². The van der Waals surface area contributed by atoms with E-state index < -0.39 is 0 Å². The molecule has 2 aromatic rings. The van der Waals surface area contributed by atoms with Gasteiger partial charge in [0.2, 0.25) is 5.91 Å². The summed E-state index contributed by atoms with van der Waals surface area (Å²) in [5, 5.41) is 3.47. The maximum absolute atomic E-state index is 11.7. The number of aromatic nitrogens is 1. The van der Waals surface area contributed by atoms with Gasteiger partial charge in [-0.05, 0) is 18.9 Å². The zero-order chi connectivity index (χ0) is 14.2. The number of rotatable bonds is 7. The number of thiazole rings is 1. The molecule has 0 spiro atoms. The molecule has 5 heteroatoms. The first-order valence-corrected chi connectivity index (χ1v) is 7.50. The minimum absolute atomic E-state index is 0.0151. The standard InChI is InChI=1S/C15H18N2O2S/c1-2-19-10-6-9-14(18)17-15-16-11-13(20-15)12-7-4-3-5-8-12/h3-5,7-8,11H,2,6,9-10H2,1H3,(H,16,17,18). The van der Waals surface area contributed by atoms with Crippen molar-refractivity contribution in [3.8, 4) is 10.4 Å². The van der Waals surface area contributed by atoms with Crippen molar-refractivity contribution < 1.29 is 9.53 Å². The third-order valence-electron chi connectivity index (χ3n) is 2.71. The first-order valence-electron chi connectivity index (χ1n) is 6.68. The van der Waals surface area contributed by atoms with Gasteiger partial charge in [0.25, 0.3) is 0 Å². The predicted octanol–water partition coefficient (Wildman–Crippen LogP) is 3.57. The molecule has 106 valence electrons. The van der Waals surface area contributed by atoms with Crippen molar-refractivity contribution >= 4 is 22.4 Å². The van der Waals surface area contributed by atoms with Gasteiger partial charge in [0, 0.05) is 25.8 Å². The summed E-state index contributed by atoms with van der Waals surface area (Å²) in [7, 11) is 0. The van der Waals surface area contributed by atoms with E-state index in [9.17, 15) is 4.79 Å². The van der Waals surface area contributed by atoms with E-state index in [4.69, 9.17) is 4.74 Å². The van der Waals surface area contributed by atoms with Crippen LogP contribution < -0.4 is 5.32 Å². The topological polar surface area (TPSA) is 51.2 Å². The fourth-order valence-corrected chi connectivity index (χ4v) is 2.57. The van der Waals surface area contributed by atoms with Gasteiger partial charge >= 0.3 is 0 Å². The highest BCUT2D eigenvalue weighted by Gasteiger charge is 2.07. The van der Waals surface area contributed by atoms with Crippen LogP contribution in [0.25, 0.3) is 10.4 Å². The number of nitrogens with one attached hydrogen (secondary N) is 1. The molecule has 0 fully saturated rings. The van der Waals surface area contributed by atoms with Crippen LogP contribution in [-0.4, -0.2) is 24.1 Å². The fourth-order valence-electron chi connectivity index (χ4n) is 1.73. The van der Waals surface area contributed by atoms with Crippen LogP contribution in [0, 0.1) is 0 Å². The fraction of sp³-hybridized carbons (Fsp3) is 0.333. The number of hydrogen-bond donors (Lipinski definition) is 1. The van der Waals surface area contributed by atoms with Crippen LogP contribution in [0.1, 0.15) is 19.8 Å². The minimum Gasteiger partial charge on any atom is -0.382 e. The molecule has 2 rings (SSSR count). The highest BCUT2D eigenvalue weighted by atomic mass is 32.1. The van der Waals surface area contributed by atoms with Gasteiger partial charge in [-0.15, -0.1) is 0 Å². The molecule has 1 amide bonds. The van der Waals surface area contributed by atoms with E-state index in [1.807, 2.05) is 37.3 Å². The maximum Gasteiger partial charge on any atom is 0.226 e. The molecular weight excluding hydrogens is 272 g/mol. The maximum atomic E-state index is 11.7. The van der Waals surface area contributed by atoms with Gasteiger partial charge in [0.05, 0.1) is 4.88 Å². The lowest BCUT2D eigenvalue weighted by molar-refractivity contribution is -0.116. The molecule has 4 nitrogen and oxygen atoms in total. The minimum atomic E-state index is -0.0151. The van der Waals surface area contributed by atoms with Crippen molar-refractivity contribution in [1.29, 1.82) is 0 Å². The number of anilines is 1. The number of carbonyl (C=O) groups excluding carboxylic acids is 1. The van der Waals surface area contributed by atoms with Crippen molar-refractivity contribution in [2.24, 2.45) is 0 Å². The quantitative estimate of drug-likeness (QED) is 0.793. The summed E-state index contributed by atoms with van der Waals surface area (Å²) in [5.41, 5.74) is 1.11. The summed E-state index contributed by atoms with van der Waals surface area (Å²) in [6.45, 7) is 3.26. The van der Waals surface area contributed by atoms with Crippen LogP contribution in [0.15, 0.2) is 36.5 Å². The van der Waals surface area contributed by atoms with Gasteiger partial charge in [-0.1, -0.05) is 41.7 Å². The number of carbonyl (C=O) groups is 1. The third-order valence-corrected chi connectivity index (χ3v) is 3.67. The number of nitrogens with zero attached hydrogens (tertiary/aromatic N) is 1. The molecule has 0 saturated carbocycles. The molecule has 1 aromatic carbocycles. The van der Waals surface area contributed by atoms with E-state index in [0.717, 1.165) is 16.9 Å². The van der Waals surface area contributed by atoms with E-state index in [2.05, 4.69) is 10.3 Å². The Bertz CT molecular complexity index is 540. The zero-order valence-corrected chi connectivity index (χ0v) is 12.3. The summed E-state index contributed by atoms with van der Waals surface area (Å²) in [4.78, 5) is 17.0. The molecule has 0 unspecified atom stereocenters. The Morgan fingerprint density at radius 2 is 2.15 bits per heavy atom. The number of hydrogen-bond acceptors (Lipinski definition) is 4. The summed E-state index contributed by atoms with van der Waals surface area (Å²) < 4.78 is 5.20. The smallest absolute Gasteiger partial charge is 0.226 e. The average molecular weight is 290 g/mol. The van der Waals surface area contributed by atoms with Gasteiger partial charge in [0.15, 0.2) is 5.13 Å². The molecular formula is C15H18N2O2S. The first-order chi connectivity index (χ1) is 9.79. The van der Waals surface area contributed by atoms with E-state index in [1.54, 1.807) is 6.20 Å². The van der Waals surface area contributed by atoms with E-state index in [-0.39, 0.29) is 5.91 Å². The van der Waals surface area contributed by atoms with E-state index in [0.29, 0.717) is 24.8 Å². The second-order valence-corrected chi connectivity index (χ2v) is 5.27. The number of ether oxygens (including phenoxy) is 1. The van der Waals surface area contributed by atoms with Crippen molar-refractivity contribution in [2.75, 3.05) is 18.5 Å². The molecule has 20 heavy (non-hydrogen) atoms. The van der Waals surface area contributed by atoms with Crippen molar-refractivity contribution in [3.05, 3.63) is 36.5 Å². The second-order valence-electron chi connectivity index (χ2n) is 4.24. The summed E-state index contributed by atoms with van der Waals surface area (Å²) in [6.07, 6.45) is 2.98. The molecule has 0 radical (unpaired) electrons. The Labute approximate surface area is 122 Å². The lowest BCUT2D eigenvalue weighted by Crippen LogP contribution is -2.11. The van der Waals surface area contributed by atoms with Gasteiger partial charge in [-0.25, -0.2) is 4.98 Å². The van der Waals surface area contributed by atoms with Crippen molar-refractivity contribution in [3.63, 3.8) is 0 Å². The van der Waals surface area contributed by atoms with Crippen molar-refractivity contribution in [1.82, 2.24) is 4.98 Å². The van der Waals surface area contributed by atoms with Gasteiger partial charge in [-0.3, -0.25) is 4.79 Å². The predicted molar refractivity (Wildman–Crippen MR) is 81.9 cm³/mol. The molecule has 1 aromatic heterocycles. The van der Waals surface area contributed by atoms with E-state index >= 15 is 0 Å². The molecule has 0 saturated heterocycles. The highest BCUT2D eigenvalue weighted by Crippen LogP contribution is 2.28. The third kappa shape index (κ3) is 4.43. The number of amides is 1. The second kappa shape index (κ2) is 7.77. The Morgan fingerprint density at radius 3 is 2.90 bits per heavy atom. The molecule has 0 aliphatic carbocycles.